The molecule has 0 aromatic heterocycles. The van der Waals surface area contributed by atoms with Crippen molar-refractivity contribution < 1.29 is 9.90 Å². The number of rotatable bonds is 3. The topological polar surface area (TPSA) is 89.3 Å². The molecule has 0 bridgehead atoms. The highest BCUT2D eigenvalue weighted by atomic mass is 16.3. The van der Waals surface area contributed by atoms with Gasteiger partial charge < -0.3 is 16.6 Å². The highest BCUT2D eigenvalue weighted by Crippen LogP contribution is 1.81. The van der Waals surface area contributed by atoms with Gasteiger partial charge >= 0.3 is 0 Å². The lowest BCUT2D eigenvalue weighted by molar-refractivity contribution is -0.118. The van der Waals surface area contributed by atoms with Crippen LogP contribution >= 0.6 is 0 Å². The van der Waals surface area contributed by atoms with Crippen LogP contribution in [0.15, 0.2) is 0 Å². The summed E-state index contributed by atoms with van der Waals surface area (Å²) in [6.07, 6.45) is 0.0521. The first-order valence-corrected chi connectivity index (χ1v) is 2.31. The molecule has 0 heterocycles. The molecule has 0 saturated carbocycles. The fourth-order valence-corrected chi connectivity index (χ4v) is 0.323. The standard InChI is InChI=1S/C4H10N2O2/c5-3(2-7)1-4(6)8/h3,7H,1-2,5H2,(H2,6,8)/t3-/m0/s1. The molecule has 0 fully saturated rings. The monoisotopic (exact) mass is 118 g/mol. The largest absolute Gasteiger partial charge is 0.395 e. The highest BCUT2D eigenvalue weighted by Gasteiger charge is 2.02. The maximum Gasteiger partial charge on any atom is 0.219 e. The Morgan fingerprint density at radius 2 is 2.25 bits per heavy atom. The van der Waals surface area contributed by atoms with Crippen molar-refractivity contribution in [2.24, 2.45) is 11.5 Å². The quantitative estimate of drug-likeness (QED) is 0.407. The van der Waals surface area contributed by atoms with E-state index >= 15 is 0 Å². The number of aliphatic hydroxyl groups is 1. The van der Waals surface area contributed by atoms with E-state index in [-0.39, 0.29) is 13.0 Å². The number of carbonyl (C=O) groups is 1. The van der Waals surface area contributed by atoms with Crippen molar-refractivity contribution in [1.29, 1.82) is 0 Å². The normalized spacial score (nSPS) is 13.2. The molecule has 5 N–H and O–H groups in total. The van der Waals surface area contributed by atoms with E-state index < -0.39 is 11.9 Å². The Bertz CT molecular complexity index is 84.1. The third kappa shape index (κ3) is 3.58. The molecule has 1 amide bonds. The van der Waals surface area contributed by atoms with E-state index in [4.69, 9.17) is 16.6 Å². The van der Waals surface area contributed by atoms with E-state index in [0.29, 0.717) is 0 Å². The predicted octanol–water partition coefficient (Wildman–Crippen LogP) is -1.82. The molecule has 4 nitrogen and oxygen atoms in total. The molecule has 0 aliphatic carbocycles. The second kappa shape index (κ2) is 3.40. The Morgan fingerprint density at radius 3 is 2.38 bits per heavy atom. The zero-order chi connectivity index (χ0) is 6.57. The summed E-state index contributed by atoms with van der Waals surface area (Å²) < 4.78 is 0. The first-order chi connectivity index (χ1) is 3.66. The molecule has 0 rings (SSSR count). The number of hydrogen-bond acceptors (Lipinski definition) is 3. The van der Waals surface area contributed by atoms with Crippen molar-refractivity contribution in [3.05, 3.63) is 0 Å². The summed E-state index contributed by atoms with van der Waals surface area (Å²) in [4.78, 5) is 10.00. The van der Waals surface area contributed by atoms with E-state index in [1.165, 1.54) is 0 Å². The van der Waals surface area contributed by atoms with Crippen LogP contribution in [0.1, 0.15) is 6.42 Å². The summed E-state index contributed by atoms with van der Waals surface area (Å²) >= 11 is 0. The van der Waals surface area contributed by atoms with Crippen molar-refractivity contribution in [3.63, 3.8) is 0 Å². The zero-order valence-corrected chi connectivity index (χ0v) is 4.50. The van der Waals surface area contributed by atoms with E-state index in [2.05, 4.69) is 0 Å². The molecular formula is C4H10N2O2. The zero-order valence-electron chi connectivity index (χ0n) is 4.50. The molecule has 1 atom stereocenters. The van der Waals surface area contributed by atoms with Crippen LogP contribution < -0.4 is 11.5 Å². The van der Waals surface area contributed by atoms with Gasteiger partial charge in [0.15, 0.2) is 0 Å². The average molecular weight is 118 g/mol. The third-order valence-corrected chi connectivity index (χ3v) is 0.698. The van der Waals surface area contributed by atoms with Crippen molar-refractivity contribution in [2.75, 3.05) is 6.61 Å². The molecule has 0 aromatic rings. The van der Waals surface area contributed by atoms with Gasteiger partial charge in [0.2, 0.25) is 5.91 Å². The molecule has 0 spiro atoms. The lowest BCUT2D eigenvalue weighted by atomic mass is 10.2. The van der Waals surface area contributed by atoms with Crippen LogP contribution in [0.5, 0.6) is 0 Å². The van der Waals surface area contributed by atoms with Crippen molar-refractivity contribution in [1.82, 2.24) is 0 Å². The van der Waals surface area contributed by atoms with Crippen LogP contribution in [-0.2, 0) is 4.79 Å². The molecule has 0 aromatic carbocycles. The summed E-state index contributed by atoms with van der Waals surface area (Å²) in [5.74, 6) is -0.480. The Labute approximate surface area is 47.5 Å². The molecule has 0 radical (unpaired) electrons. The third-order valence-electron chi connectivity index (χ3n) is 0.698. The van der Waals surface area contributed by atoms with Crippen molar-refractivity contribution >= 4 is 5.91 Å². The smallest absolute Gasteiger partial charge is 0.219 e. The van der Waals surface area contributed by atoms with Gasteiger partial charge in [0, 0.05) is 12.5 Å². The average Bonchev–Trinajstić information content (AvgIpc) is 1.65. The van der Waals surface area contributed by atoms with Crippen LogP contribution in [0, 0.1) is 0 Å². The van der Waals surface area contributed by atoms with Crippen molar-refractivity contribution in [2.45, 2.75) is 12.5 Å². The number of nitrogens with two attached hydrogens (primary N) is 2. The lowest BCUT2D eigenvalue weighted by Gasteiger charge is -2.01. The summed E-state index contributed by atoms with van der Waals surface area (Å²) in [6.45, 7) is -0.192. The number of amides is 1. The minimum Gasteiger partial charge on any atom is -0.395 e. The lowest BCUT2D eigenvalue weighted by Crippen LogP contribution is -2.30. The maximum absolute atomic E-state index is 10.00. The second-order valence-corrected chi connectivity index (χ2v) is 1.61. The van der Waals surface area contributed by atoms with Crippen LogP contribution in [0.25, 0.3) is 0 Å². The molecule has 4 heteroatoms. The van der Waals surface area contributed by atoms with Gasteiger partial charge in [0.25, 0.3) is 0 Å². The van der Waals surface area contributed by atoms with Crippen LogP contribution in [0.4, 0.5) is 0 Å². The second-order valence-electron chi connectivity index (χ2n) is 1.61. The van der Waals surface area contributed by atoms with Gasteiger partial charge in [-0.15, -0.1) is 0 Å². The Kier molecular flexibility index (Phi) is 3.14. The maximum atomic E-state index is 10.00. The highest BCUT2D eigenvalue weighted by molar-refractivity contribution is 5.74. The van der Waals surface area contributed by atoms with Crippen LogP contribution in [0.2, 0.25) is 0 Å². The van der Waals surface area contributed by atoms with Gasteiger partial charge in [-0.25, -0.2) is 0 Å². The number of primary amides is 1. The minimum atomic E-state index is -0.493. The van der Waals surface area contributed by atoms with Crippen molar-refractivity contribution in [3.8, 4) is 0 Å². The van der Waals surface area contributed by atoms with Gasteiger partial charge in [0.1, 0.15) is 0 Å². The Morgan fingerprint density at radius 1 is 1.75 bits per heavy atom. The fourth-order valence-electron chi connectivity index (χ4n) is 0.323. The van der Waals surface area contributed by atoms with Gasteiger partial charge in [-0.05, 0) is 0 Å². The fraction of sp³-hybridized carbons (Fsp3) is 0.750. The predicted molar refractivity (Wildman–Crippen MR) is 28.9 cm³/mol. The Hall–Kier alpha value is -0.610. The van der Waals surface area contributed by atoms with E-state index in [1.54, 1.807) is 0 Å². The number of carbonyl (C=O) groups excluding carboxylic acids is 1. The van der Waals surface area contributed by atoms with E-state index in [1.807, 2.05) is 0 Å². The molecule has 0 unspecified atom stereocenters. The summed E-state index contributed by atoms with van der Waals surface area (Å²) in [5.41, 5.74) is 9.86. The van der Waals surface area contributed by atoms with Gasteiger partial charge in [-0.2, -0.15) is 0 Å². The van der Waals surface area contributed by atoms with Gasteiger partial charge in [0.05, 0.1) is 6.61 Å². The summed E-state index contributed by atoms with van der Waals surface area (Å²) in [5, 5.41) is 8.25. The first kappa shape index (κ1) is 7.39. The van der Waals surface area contributed by atoms with E-state index in [9.17, 15) is 4.79 Å². The molecule has 8 heavy (non-hydrogen) atoms. The summed E-state index contributed by atoms with van der Waals surface area (Å²) in [6, 6.07) is -0.493. The molecule has 0 aliphatic heterocycles. The SMILES string of the molecule is NC(=O)C[C@H](N)CO. The molecule has 48 valence electrons. The van der Waals surface area contributed by atoms with Gasteiger partial charge in [-0.1, -0.05) is 0 Å². The summed E-state index contributed by atoms with van der Waals surface area (Å²) in [7, 11) is 0. The molecule has 0 saturated heterocycles. The van der Waals surface area contributed by atoms with Crippen LogP contribution in [-0.4, -0.2) is 23.7 Å². The number of aliphatic hydroxyl groups excluding tert-OH is 1. The molecule has 0 aliphatic rings. The molecular weight excluding hydrogens is 108 g/mol. The van der Waals surface area contributed by atoms with Gasteiger partial charge in [-0.3, -0.25) is 4.79 Å². The first-order valence-electron chi connectivity index (χ1n) is 2.31. The number of hydrogen-bond donors (Lipinski definition) is 3. The van der Waals surface area contributed by atoms with E-state index in [0.717, 1.165) is 0 Å². The minimum absolute atomic E-state index is 0.0521. The Balaban J connectivity index is 3.24. The van der Waals surface area contributed by atoms with Crippen LogP contribution in [0.3, 0.4) is 0 Å².